The van der Waals surface area contributed by atoms with Crippen molar-refractivity contribution >= 4 is 40.5 Å². The van der Waals surface area contributed by atoms with Crippen LogP contribution in [0.4, 0.5) is 11.4 Å². The molecule has 124 valence electrons. The van der Waals surface area contributed by atoms with E-state index in [4.69, 9.17) is 23.2 Å². The van der Waals surface area contributed by atoms with Crippen molar-refractivity contribution in [3.05, 3.63) is 73.1 Å². The first-order valence-electron chi connectivity index (χ1n) is 6.66. The Morgan fingerprint density at radius 1 is 1.12 bits per heavy atom. The number of non-ortho nitro benzene ring substituents is 1. The first-order valence-corrected chi connectivity index (χ1v) is 7.42. The predicted octanol–water partition coefficient (Wildman–Crippen LogP) is 4.18. The Kier molecular flexibility index (Phi) is 5.48. The zero-order chi connectivity index (χ0) is 17.9. The Hall–Kier alpha value is -2.51. The number of carbonyl (C=O) groups is 1. The average molecular weight is 370 g/mol. The van der Waals surface area contributed by atoms with E-state index in [-0.39, 0.29) is 22.0 Å². The van der Waals surface area contributed by atoms with Gasteiger partial charge >= 0.3 is 5.97 Å². The molecule has 1 atom stereocenters. The number of halogens is 2. The second kappa shape index (κ2) is 7.37. The zero-order valence-electron chi connectivity index (χ0n) is 12.1. The number of nitro benzene ring substituents is 1. The molecule has 0 fully saturated rings. The number of benzene rings is 2. The Morgan fingerprint density at radius 2 is 1.75 bits per heavy atom. The smallest absolute Gasteiger partial charge is 0.317 e. The number of carboxylic acid groups (broad SMARTS) is 1. The van der Waals surface area contributed by atoms with Gasteiger partial charge in [-0.15, -0.1) is 0 Å². The number of rotatable bonds is 6. The number of nitroso groups, excluding NO2 is 1. The lowest BCUT2D eigenvalue weighted by Gasteiger charge is -2.08. The van der Waals surface area contributed by atoms with Gasteiger partial charge in [0.15, 0.2) is 0 Å². The van der Waals surface area contributed by atoms with Gasteiger partial charge in [0.1, 0.15) is 10.9 Å². The molecule has 0 aliphatic carbocycles. The summed E-state index contributed by atoms with van der Waals surface area (Å²) in [6, 6.07) is 9.25. The quantitative estimate of drug-likeness (QED) is 0.467. The maximum atomic E-state index is 12.3. The molecule has 1 N–H and O–H groups in total. The first kappa shape index (κ1) is 17.8. The van der Waals surface area contributed by atoms with Gasteiger partial charge in [0.25, 0.3) is 11.4 Å². The van der Waals surface area contributed by atoms with Crippen LogP contribution in [0.25, 0.3) is 0 Å². The molecule has 2 aromatic carbocycles. The Bertz CT molecular complexity index is 808. The van der Waals surface area contributed by atoms with Crippen LogP contribution in [0.1, 0.15) is 11.5 Å². The normalized spacial score (nSPS) is 11.8. The summed E-state index contributed by atoms with van der Waals surface area (Å²) in [5, 5.41) is 20.5. The summed E-state index contributed by atoms with van der Waals surface area (Å²) in [5.74, 6) is -2.40. The van der Waals surface area contributed by atoms with E-state index in [1.54, 1.807) is 0 Å². The van der Waals surface area contributed by atoms with E-state index in [0.29, 0.717) is 9.78 Å². The van der Waals surface area contributed by atoms with Crippen LogP contribution in [0.2, 0.25) is 10.0 Å². The van der Waals surface area contributed by atoms with E-state index in [9.17, 15) is 24.9 Å². The third-order valence-electron chi connectivity index (χ3n) is 3.33. The fraction of sp³-hybridized carbons (Fsp3) is 0.133. The summed E-state index contributed by atoms with van der Waals surface area (Å²) in [6.07, 6.45) is 0. The van der Waals surface area contributed by atoms with Gasteiger partial charge < -0.3 is 5.11 Å². The Balaban J connectivity index is 2.26. The van der Waals surface area contributed by atoms with E-state index >= 15 is 0 Å². The number of aliphatic carboxylic acids is 1. The molecular formula is C15H11Cl2N2O5+. The molecule has 0 bridgehead atoms. The van der Waals surface area contributed by atoms with Crippen LogP contribution >= 0.6 is 23.2 Å². The maximum Gasteiger partial charge on any atom is 0.317 e. The Labute approximate surface area is 146 Å². The van der Waals surface area contributed by atoms with Crippen LogP contribution in [-0.2, 0) is 4.79 Å². The number of nitro groups is 1. The molecule has 0 aliphatic heterocycles. The predicted molar refractivity (Wildman–Crippen MR) is 88.1 cm³/mol. The molecule has 9 heteroatoms. The van der Waals surface area contributed by atoms with Gasteiger partial charge in [-0.1, -0.05) is 35.3 Å². The van der Waals surface area contributed by atoms with E-state index in [2.05, 4.69) is 0 Å². The summed E-state index contributed by atoms with van der Waals surface area (Å²) in [7, 11) is 0. The lowest BCUT2D eigenvalue weighted by Crippen LogP contribution is -2.21. The summed E-state index contributed by atoms with van der Waals surface area (Å²) in [5.41, 5.74) is 0.205. The minimum absolute atomic E-state index is 0.0919. The highest BCUT2D eigenvalue weighted by Gasteiger charge is 2.30. The summed E-state index contributed by atoms with van der Waals surface area (Å²) < 4.78 is 0.457. The molecule has 2 rings (SSSR count). The van der Waals surface area contributed by atoms with Crippen molar-refractivity contribution in [2.75, 3.05) is 6.54 Å². The summed E-state index contributed by atoms with van der Waals surface area (Å²) in [6.45, 7) is -0.408. The van der Waals surface area contributed by atoms with Gasteiger partial charge in [0.2, 0.25) is 6.54 Å². The lowest BCUT2D eigenvalue weighted by atomic mass is 9.98. The molecule has 0 amide bonds. The summed E-state index contributed by atoms with van der Waals surface area (Å²) >= 11 is 11.7. The van der Waals surface area contributed by atoms with E-state index in [1.807, 2.05) is 0 Å². The number of hydrogen-bond donors (Lipinski definition) is 1. The Morgan fingerprint density at radius 3 is 2.25 bits per heavy atom. The fourth-order valence-corrected chi connectivity index (χ4v) is 2.60. The van der Waals surface area contributed by atoms with E-state index in [1.165, 1.54) is 42.5 Å². The topological polar surface area (TPSA) is 101 Å². The molecule has 2 aromatic rings. The zero-order valence-corrected chi connectivity index (χ0v) is 13.6. The monoisotopic (exact) mass is 369 g/mol. The van der Waals surface area contributed by atoms with Gasteiger partial charge in [-0.3, -0.25) is 14.9 Å². The molecule has 0 radical (unpaired) electrons. The van der Waals surface area contributed by atoms with Gasteiger partial charge in [-0.25, -0.2) is 0 Å². The van der Waals surface area contributed by atoms with Crippen molar-refractivity contribution in [1.82, 2.24) is 0 Å². The molecule has 1 unspecified atom stereocenters. The third kappa shape index (κ3) is 4.06. The van der Waals surface area contributed by atoms with Crippen LogP contribution in [0.3, 0.4) is 0 Å². The molecule has 0 spiro atoms. The molecular weight excluding hydrogens is 359 g/mol. The minimum atomic E-state index is -1.23. The highest BCUT2D eigenvalue weighted by atomic mass is 35.5. The van der Waals surface area contributed by atoms with Crippen molar-refractivity contribution in [1.29, 1.82) is 0 Å². The standard InChI is InChI=1S/C15H10Cl2N2O5/c16-10-3-6-14(13(17)7-10)18(22)8-12(15(20)21)9-1-4-11(5-2-9)19(23)24/h1-7,12H,8H2/p+1. The molecule has 0 saturated carbocycles. The molecule has 0 aromatic heterocycles. The molecule has 7 nitrogen and oxygen atoms in total. The van der Waals surface area contributed by atoms with Crippen LogP contribution < -0.4 is 0 Å². The molecule has 0 heterocycles. The van der Waals surface area contributed by atoms with Crippen LogP contribution in [0.15, 0.2) is 42.5 Å². The maximum absolute atomic E-state index is 12.3. The second-order valence-electron chi connectivity index (χ2n) is 4.90. The average Bonchev–Trinajstić information content (AvgIpc) is 2.52. The van der Waals surface area contributed by atoms with Crippen molar-refractivity contribution in [3.63, 3.8) is 0 Å². The van der Waals surface area contributed by atoms with Crippen LogP contribution in [-0.4, -0.2) is 27.3 Å². The minimum Gasteiger partial charge on any atom is -0.481 e. The molecule has 0 saturated heterocycles. The van der Waals surface area contributed by atoms with Crippen molar-refractivity contribution < 1.29 is 19.6 Å². The highest BCUT2D eigenvalue weighted by molar-refractivity contribution is 6.35. The van der Waals surface area contributed by atoms with Gasteiger partial charge in [-0.2, -0.15) is 0 Å². The number of hydrogen-bond acceptors (Lipinski definition) is 4. The van der Waals surface area contributed by atoms with Crippen LogP contribution in [0, 0.1) is 15.0 Å². The lowest BCUT2D eigenvalue weighted by molar-refractivity contribution is -0.464. The van der Waals surface area contributed by atoms with Gasteiger partial charge in [0.05, 0.1) is 4.92 Å². The molecule has 0 aliphatic rings. The van der Waals surface area contributed by atoms with Gasteiger partial charge in [-0.05, 0) is 17.7 Å². The number of carboxylic acids is 1. The number of nitrogens with zero attached hydrogens (tertiary/aromatic N) is 2. The van der Waals surface area contributed by atoms with Crippen molar-refractivity contribution in [2.45, 2.75) is 5.92 Å². The largest absolute Gasteiger partial charge is 0.481 e. The van der Waals surface area contributed by atoms with Gasteiger partial charge in [0, 0.05) is 32.9 Å². The highest BCUT2D eigenvalue weighted by Crippen LogP contribution is 2.29. The van der Waals surface area contributed by atoms with E-state index in [0.717, 1.165) is 0 Å². The van der Waals surface area contributed by atoms with Crippen LogP contribution in [0.5, 0.6) is 0 Å². The van der Waals surface area contributed by atoms with Crippen molar-refractivity contribution in [3.8, 4) is 0 Å². The summed E-state index contributed by atoms with van der Waals surface area (Å²) in [4.78, 5) is 33.8. The van der Waals surface area contributed by atoms with Crippen molar-refractivity contribution in [2.24, 2.45) is 0 Å². The SMILES string of the molecule is O=C(O)C(C[N+](=O)c1ccc(Cl)cc1Cl)c1ccc([N+](=O)[O-])cc1. The third-order valence-corrected chi connectivity index (χ3v) is 3.87. The first-order chi connectivity index (χ1) is 11.3. The fourth-order valence-electron chi connectivity index (χ4n) is 2.10. The molecule has 24 heavy (non-hydrogen) atoms. The van der Waals surface area contributed by atoms with E-state index < -0.39 is 23.4 Å². The second-order valence-corrected chi connectivity index (χ2v) is 5.74.